The molecule has 0 aromatic heterocycles. The molecule has 0 amide bonds. The fourth-order valence-corrected chi connectivity index (χ4v) is 3.06. The van der Waals surface area contributed by atoms with Gasteiger partial charge in [-0.2, -0.15) is 0 Å². The first-order valence-corrected chi connectivity index (χ1v) is 6.96. The molecule has 0 radical (unpaired) electrons. The molecule has 7 nitrogen and oxygen atoms in total. The molecule has 2 saturated heterocycles. The van der Waals surface area contributed by atoms with Gasteiger partial charge in [0.1, 0.15) is 5.75 Å². The number of hydrogen-bond acceptors (Lipinski definition) is 6. The molecule has 0 bridgehead atoms. The summed E-state index contributed by atoms with van der Waals surface area (Å²) < 4.78 is 20.6. The number of esters is 1. The topological polar surface area (TPSA) is 91.3 Å². The molecule has 2 aliphatic heterocycles. The maximum Gasteiger partial charge on any atom is 0.511 e. The van der Waals surface area contributed by atoms with E-state index in [0.717, 1.165) is 6.42 Å². The molecule has 2 heterocycles. The first-order valence-electron chi connectivity index (χ1n) is 6.96. The number of benzene rings is 1. The lowest BCUT2D eigenvalue weighted by Gasteiger charge is -2.18. The van der Waals surface area contributed by atoms with Gasteiger partial charge >= 0.3 is 12.1 Å². The Hall–Kier alpha value is -2.12. The molecule has 3 atom stereocenters. The molecule has 0 spiro atoms. The van der Waals surface area contributed by atoms with Crippen molar-refractivity contribution in [3.05, 3.63) is 29.3 Å². The molecule has 2 aliphatic rings. The van der Waals surface area contributed by atoms with Crippen molar-refractivity contribution in [1.29, 1.82) is 0 Å². The largest absolute Gasteiger partial charge is 0.511 e. The lowest BCUT2D eigenvalue weighted by molar-refractivity contribution is -0.0905. The Labute approximate surface area is 126 Å². The lowest BCUT2D eigenvalue weighted by Crippen LogP contribution is -2.16. The van der Waals surface area contributed by atoms with E-state index in [1.165, 1.54) is 19.2 Å². The van der Waals surface area contributed by atoms with Crippen molar-refractivity contribution in [2.45, 2.75) is 18.6 Å². The molecule has 1 N–H and O–H groups in total. The fourth-order valence-electron chi connectivity index (χ4n) is 3.06. The highest BCUT2D eigenvalue weighted by Gasteiger charge is 2.43. The number of carboxylic acid groups (broad SMARTS) is 1. The van der Waals surface area contributed by atoms with Crippen LogP contribution < -0.4 is 4.74 Å². The smallest absolute Gasteiger partial charge is 0.465 e. The van der Waals surface area contributed by atoms with Crippen molar-refractivity contribution < 1.29 is 33.6 Å². The average molecular weight is 308 g/mol. The van der Waals surface area contributed by atoms with Gasteiger partial charge in [0.25, 0.3) is 0 Å². The van der Waals surface area contributed by atoms with Gasteiger partial charge in [-0.05, 0) is 24.6 Å². The standard InChI is InChI=1S/C15H16O7/c1-19-13(16)8-2-3-12(22-15(17)18)10(6-8)11-7-21-14-9(11)4-5-20-14/h2-3,6,9,11,14H,4-5,7H2,1H3,(H,17,18). The first-order chi connectivity index (χ1) is 10.6. The number of carbonyl (C=O) groups is 2. The monoisotopic (exact) mass is 308 g/mol. The summed E-state index contributed by atoms with van der Waals surface area (Å²) in [6, 6.07) is 4.56. The summed E-state index contributed by atoms with van der Waals surface area (Å²) in [6.45, 7) is 1.01. The van der Waals surface area contributed by atoms with Crippen LogP contribution in [-0.4, -0.2) is 43.8 Å². The zero-order valence-corrected chi connectivity index (χ0v) is 12.0. The molecular weight excluding hydrogens is 292 g/mol. The number of rotatable bonds is 3. The van der Waals surface area contributed by atoms with Crippen LogP contribution in [0, 0.1) is 5.92 Å². The summed E-state index contributed by atoms with van der Waals surface area (Å²) in [7, 11) is 1.29. The number of carbonyl (C=O) groups excluding carboxylic acids is 1. The van der Waals surface area contributed by atoms with E-state index >= 15 is 0 Å². The zero-order chi connectivity index (χ0) is 15.7. The minimum Gasteiger partial charge on any atom is -0.465 e. The number of methoxy groups -OCH3 is 1. The average Bonchev–Trinajstić information content (AvgIpc) is 3.09. The van der Waals surface area contributed by atoms with Gasteiger partial charge in [0.05, 0.1) is 25.9 Å². The fraction of sp³-hybridized carbons (Fsp3) is 0.467. The molecule has 118 valence electrons. The SMILES string of the molecule is COC(=O)c1ccc(OC(=O)O)c(C2COC3OCCC32)c1. The van der Waals surface area contributed by atoms with Gasteiger partial charge < -0.3 is 24.1 Å². The Morgan fingerprint density at radius 3 is 2.86 bits per heavy atom. The van der Waals surface area contributed by atoms with Gasteiger partial charge in [-0.25, -0.2) is 9.59 Å². The van der Waals surface area contributed by atoms with Gasteiger partial charge in [0.15, 0.2) is 6.29 Å². The summed E-state index contributed by atoms with van der Waals surface area (Å²) in [4.78, 5) is 22.6. The quantitative estimate of drug-likeness (QED) is 0.674. The third-order valence-corrected chi connectivity index (χ3v) is 4.07. The van der Waals surface area contributed by atoms with E-state index in [-0.39, 0.29) is 23.9 Å². The third-order valence-electron chi connectivity index (χ3n) is 4.07. The number of fused-ring (bicyclic) bond motifs is 1. The van der Waals surface area contributed by atoms with Crippen molar-refractivity contribution in [2.24, 2.45) is 5.92 Å². The first kappa shape index (κ1) is 14.8. The molecule has 0 saturated carbocycles. The van der Waals surface area contributed by atoms with E-state index < -0.39 is 12.1 Å². The molecule has 3 unspecified atom stereocenters. The van der Waals surface area contributed by atoms with E-state index in [2.05, 4.69) is 0 Å². The van der Waals surface area contributed by atoms with E-state index in [9.17, 15) is 9.59 Å². The number of hydrogen-bond donors (Lipinski definition) is 1. The van der Waals surface area contributed by atoms with Gasteiger partial charge in [-0.1, -0.05) is 0 Å². The van der Waals surface area contributed by atoms with Crippen LogP contribution in [0.5, 0.6) is 5.75 Å². The minimum absolute atomic E-state index is 0.0774. The predicted molar refractivity (Wildman–Crippen MR) is 73.0 cm³/mol. The Kier molecular flexibility index (Phi) is 4.00. The van der Waals surface area contributed by atoms with Gasteiger partial charge in [0, 0.05) is 17.4 Å². The lowest BCUT2D eigenvalue weighted by atomic mass is 9.86. The predicted octanol–water partition coefficient (Wildman–Crippen LogP) is 2.01. The van der Waals surface area contributed by atoms with Gasteiger partial charge in [-0.15, -0.1) is 0 Å². The second kappa shape index (κ2) is 5.94. The molecule has 22 heavy (non-hydrogen) atoms. The number of ether oxygens (including phenoxy) is 4. The molecule has 2 fully saturated rings. The molecule has 1 aromatic rings. The minimum atomic E-state index is -1.40. The second-order valence-electron chi connectivity index (χ2n) is 5.24. The second-order valence-corrected chi connectivity index (χ2v) is 5.24. The Balaban J connectivity index is 1.98. The van der Waals surface area contributed by atoms with Crippen LogP contribution in [0.15, 0.2) is 18.2 Å². The van der Waals surface area contributed by atoms with Gasteiger partial charge in [0.2, 0.25) is 0 Å². The Bertz CT molecular complexity index is 598. The maximum atomic E-state index is 11.7. The highest BCUT2D eigenvalue weighted by Crippen LogP contribution is 2.44. The third kappa shape index (κ3) is 2.65. The molecule has 0 aliphatic carbocycles. The van der Waals surface area contributed by atoms with Gasteiger partial charge in [-0.3, -0.25) is 0 Å². The van der Waals surface area contributed by atoms with E-state index in [4.69, 9.17) is 24.1 Å². The van der Waals surface area contributed by atoms with Crippen LogP contribution in [0.3, 0.4) is 0 Å². The summed E-state index contributed by atoms with van der Waals surface area (Å²) in [6.07, 6.45) is -0.848. The van der Waals surface area contributed by atoms with Crippen LogP contribution in [0.25, 0.3) is 0 Å². The summed E-state index contributed by atoms with van der Waals surface area (Å²) >= 11 is 0. The molecular formula is C15H16O7. The van der Waals surface area contributed by atoms with Crippen LogP contribution in [0.1, 0.15) is 28.3 Å². The zero-order valence-electron chi connectivity index (χ0n) is 12.0. The van der Waals surface area contributed by atoms with Crippen molar-refractivity contribution in [2.75, 3.05) is 20.3 Å². The molecule has 1 aromatic carbocycles. The van der Waals surface area contributed by atoms with Crippen molar-refractivity contribution in [3.8, 4) is 5.75 Å². The van der Waals surface area contributed by atoms with Crippen LogP contribution in [0.2, 0.25) is 0 Å². The highest BCUT2D eigenvalue weighted by molar-refractivity contribution is 5.90. The van der Waals surface area contributed by atoms with Crippen molar-refractivity contribution >= 4 is 12.1 Å². The van der Waals surface area contributed by atoms with Crippen molar-refractivity contribution in [3.63, 3.8) is 0 Å². The Morgan fingerprint density at radius 2 is 2.14 bits per heavy atom. The van der Waals surface area contributed by atoms with E-state index in [1.54, 1.807) is 6.07 Å². The van der Waals surface area contributed by atoms with Crippen LogP contribution in [0.4, 0.5) is 4.79 Å². The van der Waals surface area contributed by atoms with Crippen molar-refractivity contribution in [1.82, 2.24) is 0 Å². The summed E-state index contributed by atoms with van der Waals surface area (Å²) in [5.41, 5.74) is 0.973. The normalized spacial score (nSPS) is 26.5. The Morgan fingerprint density at radius 1 is 1.32 bits per heavy atom. The van der Waals surface area contributed by atoms with Crippen LogP contribution in [-0.2, 0) is 14.2 Å². The van der Waals surface area contributed by atoms with E-state index in [0.29, 0.717) is 24.3 Å². The summed E-state index contributed by atoms with van der Waals surface area (Å²) in [5, 5.41) is 8.88. The molecule has 7 heteroatoms. The maximum absolute atomic E-state index is 11.7. The molecule has 3 rings (SSSR count). The summed E-state index contributed by atoms with van der Waals surface area (Å²) in [5.74, 6) is -0.224. The van der Waals surface area contributed by atoms with Crippen LogP contribution >= 0.6 is 0 Å². The van der Waals surface area contributed by atoms with E-state index in [1.807, 2.05) is 0 Å². The highest BCUT2D eigenvalue weighted by atomic mass is 16.7.